The Morgan fingerprint density at radius 3 is 2.54 bits per heavy atom. The molecule has 0 bridgehead atoms. The van der Waals surface area contributed by atoms with Crippen molar-refractivity contribution in [3.8, 4) is 0 Å². The largest absolute Gasteiger partial charge is 0.352 e. The number of carbonyl (C=O) groups is 2. The average molecular weight is 398 g/mol. The minimum atomic E-state index is -0.0541. The van der Waals surface area contributed by atoms with E-state index in [4.69, 9.17) is 0 Å². The molecule has 1 atom stereocenters. The van der Waals surface area contributed by atoms with Gasteiger partial charge in [-0.1, -0.05) is 42.5 Å². The highest BCUT2D eigenvalue weighted by Crippen LogP contribution is 2.39. The van der Waals surface area contributed by atoms with E-state index in [9.17, 15) is 9.59 Å². The predicted octanol–water partition coefficient (Wildman–Crippen LogP) is 3.14. The Labute approximate surface area is 171 Å². The molecule has 2 aromatic carbocycles. The maximum Gasteiger partial charge on any atom is 0.251 e. The van der Waals surface area contributed by atoms with Crippen LogP contribution in [-0.4, -0.2) is 54.6 Å². The van der Waals surface area contributed by atoms with Gasteiger partial charge in [0.2, 0.25) is 5.91 Å². The maximum atomic E-state index is 12.4. The van der Waals surface area contributed by atoms with Gasteiger partial charge in [0.25, 0.3) is 5.91 Å². The van der Waals surface area contributed by atoms with Gasteiger partial charge in [-0.3, -0.25) is 9.59 Å². The Morgan fingerprint density at radius 2 is 1.86 bits per heavy atom. The van der Waals surface area contributed by atoms with Gasteiger partial charge in [0, 0.05) is 18.7 Å². The summed E-state index contributed by atoms with van der Waals surface area (Å²) in [6, 6.07) is 17.7. The van der Waals surface area contributed by atoms with Crippen LogP contribution in [0.4, 0.5) is 0 Å². The standard InChI is InChI=1S/C22H27N3O2S/c1-24(2)14-6-13-23-21(27)18-9-11-19(12-10-18)22-25(20(26)16-28-22)15-17-7-4-3-5-8-17/h3-5,7-12,22H,6,13-16H2,1-2H3,(H,23,27). The van der Waals surface area contributed by atoms with E-state index >= 15 is 0 Å². The van der Waals surface area contributed by atoms with Gasteiger partial charge in [0.05, 0.1) is 5.75 Å². The van der Waals surface area contributed by atoms with Gasteiger partial charge in [-0.05, 0) is 50.3 Å². The van der Waals surface area contributed by atoms with Gasteiger partial charge in [0.15, 0.2) is 0 Å². The highest BCUT2D eigenvalue weighted by atomic mass is 32.2. The predicted molar refractivity (Wildman–Crippen MR) is 114 cm³/mol. The Morgan fingerprint density at radius 1 is 1.14 bits per heavy atom. The van der Waals surface area contributed by atoms with Crippen molar-refractivity contribution in [3.05, 3.63) is 71.3 Å². The molecular weight excluding hydrogens is 370 g/mol. The number of hydrogen-bond acceptors (Lipinski definition) is 4. The van der Waals surface area contributed by atoms with Crippen LogP contribution < -0.4 is 5.32 Å². The lowest BCUT2D eigenvalue weighted by Crippen LogP contribution is -2.28. The van der Waals surface area contributed by atoms with Crippen molar-refractivity contribution < 1.29 is 9.59 Å². The highest BCUT2D eigenvalue weighted by Gasteiger charge is 2.32. The minimum absolute atomic E-state index is 0.00934. The molecule has 0 spiro atoms. The summed E-state index contributed by atoms with van der Waals surface area (Å²) in [6.07, 6.45) is 0.923. The summed E-state index contributed by atoms with van der Waals surface area (Å²) in [7, 11) is 4.04. The zero-order chi connectivity index (χ0) is 19.9. The summed E-state index contributed by atoms with van der Waals surface area (Å²) >= 11 is 1.64. The van der Waals surface area contributed by atoms with E-state index in [2.05, 4.69) is 10.2 Å². The number of carbonyl (C=O) groups excluding carboxylic acids is 2. The SMILES string of the molecule is CN(C)CCCNC(=O)c1ccc(C2SCC(=O)N2Cc2ccccc2)cc1. The number of nitrogens with zero attached hydrogens (tertiary/aromatic N) is 2. The zero-order valence-electron chi connectivity index (χ0n) is 16.4. The number of rotatable bonds is 8. The Bertz CT molecular complexity index is 793. The number of benzene rings is 2. The lowest BCUT2D eigenvalue weighted by molar-refractivity contribution is -0.128. The number of hydrogen-bond donors (Lipinski definition) is 1. The molecule has 5 nitrogen and oxygen atoms in total. The van der Waals surface area contributed by atoms with E-state index < -0.39 is 0 Å². The molecule has 1 aliphatic rings. The number of amides is 2. The van der Waals surface area contributed by atoms with Crippen LogP contribution in [0.3, 0.4) is 0 Å². The van der Waals surface area contributed by atoms with Crippen LogP contribution in [0.25, 0.3) is 0 Å². The second kappa shape index (κ2) is 9.75. The molecule has 1 N–H and O–H groups in total. The van der Waals surface area contributed by atoms with Gasteiger partial charge < -0.3 is 15.1 Å². The van der Waals surface area contributed by atoms with Crippen LogP contribution in [-0.2, 0) is 11.3 Å². The van der Waals surface area contributed by atoms with Crippen LogP contribution in [0.5, 0.6) is 0 Å². The Hall–Kier alpha value is -2.31. The molecule has 0 aromatic heterocycles. The third kappa shape index (κ3) is 5.36. The molecule has 1 fully saturated rings. The van der Waals surface area contributed by atoms with Gasteiger partial charge in [-0.15, -0.1) is 11.8 Å². The fourth-order valence-electron chi connectivity index (χ4n) is 3.18. The van der Waals surface area contributed by atoms with E-state index in [1.165, 1.54) is 0 Å². The summed E-state index contributed by atoms with van der Waals surface area (Å²) in [5.74, 6) is 0.592. The molecular formula is C22H27N3O2S. The van der Waals surface area contributed by atoms with Crippen molar-refractivity contribution in [2.75, 3.05) is 32.9 Å². The van der Waals surface area contributed by atoms with Crippen LogP contribution in [0, 0.1) is 0 Å². The van der Waals surface area contributed by atoms with E-state index in [1.54, 1.807) is 11.8 Å². The van der Waals surface area contributed by atoms with E-state index in [0.29, 0.717) is 24.4 Å². The molecule has 148 valence electrons. The minimum Gasteiger partial charge on any atom is -0.352 e. The van der Waals surface area contributed by atoms with Crippen LogP contribution in [0.2, 0.25) is 0 Å². The lowest BCUT2D eigenvalue weighted by Gasteiger charge is -2.24. The third-order valence-electron chi connectivity index (χ3n) is 4.69. The lowest BCUT2D eigenvalue weighted by atomic mass is 10.1. The number of nitrogens with one attached hydrogen (secondary N) is 1. The summed E-state index contributed by atoms with van der Waals surface area (Å²) in [5.41, 5.74) is 2.82. The molecule has 3 rings (SSSR count). The Balaban J connectivity index is 1.61. The van der Waals surface area contributed by atoms with Crippen molar-refractivity contribution in [1.82, 2.24) is 15.1 Å². The molecule has 28 heavy (non-hydrogen) atoms. The summed E-state index contributed by atoms with van der Waals surface area (Å²) in [6.45, 7) is 2.21. The Kier molecular flexibility index (Phi) is 7.12. The molecule has 6 heteroatoms. The third-order valence-corrected chi connectivity index (χ3v) is 5.95. The summed E-state index contributed by atoms with van der Waals surface area (Å²) in [5, 5.41) is 2.95. The highest BCUT2D eigenvalue weighted by molar-refractivity contribution is 8.00. The average Bonchev–Trinajstić information content (AvgIpc) is 3.06. The molecule has 1 saturated heterocycles. The van der Waals surface area contributed by atoms with Crippen molar-refractivity contribution in [2.24, 2.45) is 0 Å². The van der Waals surface area contributed by atoms with E-state index in [0.717, 1.165) is 24.1 Å². The summed E-state index contributed by atoms with van der Waals surface area (Å²) in [4.78, 5) is 28.7. The molecule has 0 saturated carbocycles. The first-order chi connectivity index (χ1) is 13.5. The molecule has 1 aliphatic heterocycles. The molecule has 0 aliphatic carbocycles. The smallest absolute Gasteiger partial charge is 0.251 e. The topological polar surface area (TPSA) is 52.7 Å². The number of thioether (sulfide) groups is 1. The summed E-state index contributed by atoms with van der Waals surface area (Å²) < 4.78 is 0. The van der Waals surface area contributed by atoms with Crippen LogP contribution in [0.15, 0.2) is 54.6 Å². The fourth-order valence-corrected chi connectivity index (χ4v) is 4.37. The first-order valence-electron chi connectivity index (χ1n) is 9.52. The molecule has 1 heterocycles. The van der Waals surface area contributed by atoms with Gasteiger partial charge >= 0.3 is 0 Å². The first kappa shape index (κ1) is 20.4. The van der Waals surface area contributed by atoms with Gasteiger partial charge in [-0.25, -0.2) is 0 Å². The molecule has 2 aromatic rings. The van der Waals surface area contributed by atoms with Gasteiger partial charge in [-0.2, -0.15) is 0 Å². The quantitative estimate of drug-likeness (QED) is 0.696. The second-order valence-corrected chi connectivity index (χ2v) is 8.27. The molecule has 1 unspecified atom stereocenters. The zero-order valence-corrected chi connectivity index (χ0v) is 17.2. The second-order valence-electron chi connectivity index (χ2n) is 7.21. The fraction of sp³-hybridized carbons (Fsp3) is 0.364. The van der Waals surface area contributed by atoms with Crippen LogP contribution in [0.1, 0.15) is 33.3 Å². The molecule has 2 amide bonds. The van der Waals surface area contributed by atoms with Crippen molar-refractivity contribution in [3.63, 3.8) is 0 Å². The van der Waals surface area contributed by atoms with Gasteiger partial charge in [0.1, 0.15) is 5.37 Å². The van der Waals surface area contributed by atoms with Crippen molar-refractivity contribution in [1.29, 1.82) is 0 Å². The van der Waals surface area contributed by atoms with Crippen molar-refractivity contribution >= 4 is 23.6 Å². The molecule has 0 radical (unpaired) electrons. The van der Waals surface area contributed by atoms with E-state index in [1.807, 2.05) is 73.6 Å². The van der Waals surface area contributed by atoms with Crippen LogP contribution >= 0.6 is 11.8 Å². The normalized spacial score (nSPS) is 16.6. The maximum absolute atomic E-state index is 12.4. The monoisotopic (exact) mass is 397 g/mol. The van der Waals surface area contributed by atoms with Crippen molar-refractivity contribution in [2.45, 2.75) is 18.3 Å². The first-order valence-corrected chi connectivity index (χ1v) is 10.6. The van der Waals surface area contributed by atoms with E-state index in [-0.39, 0.29) is 17.2 Å².